The Balaban J connectivity index is 1.22. The summed E-state index contributed by atoms with van der Waals surface area (Å²) in [6, 6.07) is 17.7. The van der Waals surface area contributed by atoms with Gasteiger partial charge in [0.2, 0.25) is 0 Å². The summed E-state index contributed by atoms with van der Waals surface area (Å²) in [6.45, 7) is 6.89. The van der Waals surface area contributed by atoms with Gasteiger partial charge in [-0.25, -0.2) is 18.7 Å². The number of benzene rings is 3. The molecule has 0 atom stereocenters. The van der Waals surface area contributed by atoms with Gasteiger partial charge in [0.25, 0.3) is 5.91 Å². The molecule has 226 valence electrons. The van der Waals surface area contributed by atoms with E-state index in [0.717, 1.165) is 54.2 Å². The Hall–Kier alpha value is -4.47. The molecule has 1 saturated heterocycles. The number of H-pyrrole nitrogens is 1. The van der Waals surface area contributed by atoms with Gasteiger partial charge >= 0.3 is 0 Å². The number of carbonyl (C=O) groups excluding carboxylic acids is 1. The van der Waals surface area contributed by atoms with E-state index >= 15 is 4.39 Å². The van der Waals surface area contributed by atoms with Crippen molar-refractivity contribution >= 4 is 16.9 Å². The van der Waals surface area contributed by atoms with Crippen molar-refractivity contribution in [3.05, 3.63) is 106 Å². The minimum atomic E-state index is -1.24. The number of rotatable bonds is 7. The van der Waals surface area contributed by atoms with E-state index in [1.54, 1.807) is 6.07 Å². The maximum Gasteiger partial charge on any atom is 0.254 e. The summed E-state index contributed by atoms with van der Waals surface area (Å²) >= 11 is 0. The zero-order valence-electron chi connectivity index (χ0n) is 25.0. The number of hydrogen-bond acceptors (Lipinski definition) is 5. The Morgan fingerprint density at radius 3 is 2.45 bits per heavy atom. The molecule has 0 unspecified atom stereocenters. The van der Waals surface area contributed by atoms with Crippen molar-refractivity contribution in [2.45, 2.75) is 51.7 Å². The summed E-state index contributed by atoms with van der Waals surface area (Å²) in [5, 5.41) is 16.9. The van der Waals surface area contributed by atoms with Crippen molar-refractivity contribution in [2.24, 2.45) is 0 Å². The fraction of sp³-hybridized carbons (Fsp3) is 0.286. The van der Waals surface area contributed by atoms with Gasteiger partial charge in [0, 0.05) is 28.8 Å². The van der Waals surface area contributed by atoms with Crippen LogP contribution >= 0.6 is 0 Å². The highest BCUT2D eigenvalue weighted by molar-refractivity contribution is 5.95. The smallest absolute Gasteiger partial charge is 0.254 e. The van der Waals surface area contributed by atoms with Crippen LogP contribution in [0.4, 0.5) is 8.78 Å². The zero-order chi connectivity index (χ0) is 31.0. The molecule has 6 rings (SSSR count). The number of aryl methyl sites for hydroxylation is 1. The number of piperidine rings is 1. The first-order valence-electron chi connectivity index (χ1n) is 14.8. The lowest BCUT2D eigenvalue weighted by Gasteiger charge is -2.23. The first-order chi connectivity index (χ1) is 21.1. The Bertz CT molecular complexity index is 1840. The summed E-state index contributed by atoms with van der Waals surface area (Å²) in [6.07, 6.45) is 3.74. The molecule has 5 aromatic rings. The van der Waals surface area contributed by atoms with Crippen molar-refractivity contribution in [1.82, 2.24) is 25.6 Å². The number of carbonyl (C=O) groups is 1. The van der Waals surface area contributed by atoms with Crippen LogP contribution in [0.3, 0.4) is 0 Å². The zero-order valence-corrected chi connectivity index (χ0v) is 25.0. The number of aliphatic hydroxyl groups is 1. The van der Waals surface area contributed by atoms with Gasteiger partial charge in [-0.1, -0.05) is 36.4 Å². The fourth-order valence-corrected chi connectivity index (χ4v) is 5.88. The third-order valence-electron chi connectivity index (χ3n) is 8.47. The summed E-state index contributed by atoms with van der Waals surface area (Å²) in [5.74, 6) is -1.37. The quantitative estimate of drug-likeness (QED) is 0.172. The number of fused-ring (bicyclic) bond motifs is 1. The minimum Gasteiger partial charge on any atom is -0.386 e. The molecular weight excluding hydrogens is 560 g/mol. The van der Waals surface area contributed by atoms with Crippen molar-refractivity contribution in [1.29, 1.82) is 0 Å². The molecule has 1 aliphatic rings. The number of halogens is 2. The molecule has 0 saturated carbocycles. The number of nitrogens with one attached hydrogen (secondary N) is 3. The van der Waals surface area contributed by atoms with Crippen LogP contribution < -0.4 is 10.6 Å². The second-order valence-electron chi connectivity index (χ2n) is 12.0. The van der Waals surface area contributed by atoms with Gasteiger partial charge in [-0.15, -0.1) is 0 Å². The minimum absolute atomic E-state index is 0.126. The molecule has 3 aromatic carbocycles. The van der Waals surface area contributed by atoms with E-state index < -0.39 is 23.1 Å². The molecule has 0 bridgehead atoms. The molecule has 0 radical (unpaired) electrons. The van der Waals surface area contributed by atoms with Crippen molar-refractivity contribution in [3.63, 3.8) is 0 Å². The Kier molecular flexibility index (Phi) is 8.00. The maximum absolute atomic E-state index is 15.4. The summed E-state index contributed by atoms with van der Waals surface area (Å²) in [7, 11) is 0. The molecule has 7 nitrogen and oxygen atoms in total. The number of amides is 1. The van der Waals surface area contributed by atoms with Crippen molar-refractivity contribution in [3.8, 4) is 22.5 Å². The first kappa shape index (κ1) is 29.6. The van der Waals surface area contributed by atoms with E-state index in [1.165, 1.54) is 43.9 Å². The SMILES string of the molecule is Cc1cc(CNC(=O)c2ccc(C(C)(C)O)cc2F)c(F)cc1-c1ncnc2[nH]c(-c3ccc(C4CCNCC4)cc3)cc12. The van der Waals surface area contributed by atoms with Crippen LogP contribution in [-0.2, 0) is 12.1 Å². The van der Waals surface area contributed by atoms with Crippen LogP contribution in [0.2, 0.25) is 0 Å². The normalized spacial score (nSPS) is 14.2. The van der Waals surface area contributed by atoms with Crippen molar-refractivity contribution < 1.29 is 18.7 Å². The molecule has 0 spiro atoms. The second kappa shape index (κ2) is 11.9. The Morgan fingerprint density at radius 1 is 1.00 bits per heavy atom. The van der Waals surface area contributed by atoms with E-state index in [1.807, 2.05) is 13.0 Å². The van der Waals surface area contributed by atoms with Gasteiger partial charge in [-0.3, -0.25) is 4.79 Å². The lowest BCUT2D eigenvalue weighted by Crippen LogP contribution is -2.26. The third kappa shape index (κ3) is 5.98. The second-order valence-corrected chi connectivity index (χ2v) is 12.0. The molecule has 1 amide bonds. The van der Waals surface area contributed by atoms with Gasteiger partial charge in [0.15, 0.2) is 0 Å². The predicted molar refractivity (Wildman–Crippen MR) is 167 cm³/mol. The molecule has 9 heteroatoms. The van der Waals surface area contributed by atoms with Crippen molar-refractivity contribution in [2.75, 3.05) is 13.1 Å². The standard InChI is InChI=1S/C35H35F2N5O2/c1-20-14-24(18-39-34(43)26-9-8-25(15-30(26)37)35(2,3)44)29(36)16-27(20)32-28-17-31(42-33(28)41-19-40-32)23-6-4-21(5-7-23)22-10-12-38-13-11-22/h4-9,14-17,19,22,38,44H,10-13,18H2,1-3H3,(H,39,43)(H,40,41,42). The van der Waals surface area contributed by atoms with Crippen LogP contribution in [0.15, 0.2) is 67.0 Å². The summed E-state index contributed by atoms with van der Waals surface area (Å²) < 4.78 is 30.0. The topological polar surface area (TPSA) is 103 Å². The lowest BCUT2D eigenvalue weighted by molar-refractivity contribution is 0.0779. The van der Waals surface area contributed by atoms with Gasteiger partial charge in [0.05, 0.1) is 16.9 Å². The highest BCUT2D eigenvalue weighted by atomic mass is 19.1. The molecule has 0 aliphatic carbocycles. The van der Waals surface area contributed by atoms with Gasteiger partial charge in [-0.05, 0) is 99.1 Å². The van der Waals surface area contributed by atoms with Crippen LogP contribution in [0.1, 0.15) is 65.2 Å². The molecule has 4 N–H and O–H groups in total. The monoisotopic (exact) mass is 595 g/mol. The fourth-order valence-electron chi connectivity index (χ4n) is 5.88. The molecule has 3 heterocycles. The predicted octanol–water partition coefficient (Wildman–Crippen LogP) is 6.50. The summed E-state index contributed by atoms with van der Waals surface area (Å²) in [4.78, 5) is 25.0. The van der Waals surface area contributed by atoms with Crippen LogP contribution in [0.25, 0.3) is 33.5 Å². The molecule has 44 heavy (non-hydrogen) atoms. The molecule has 2 aromatic heterocycles. The molecular formula is C35H35F2N5O2. The van der Waals surface area contributed by atoms with E-state index in [0.29, 0.717) is 28.4 Å². The number of nitrogens with zero attached hydrogens (tertiary/aromatic N) is 2. The number of hydrogen-bond donors (Lipinski definition) is 4. The highest BCUT2D eigenvalue weighted by Crippen LogP contribution is 2.34. The molecule has 1 fully saturated rings. The Morgan fingerprint density at radius 2 is 1.75 bits per heavy atom. The van der Waals surface area contributed by atoms with E-state index in [4.69, 9.17) is 0 Å². The average Bonchev–Trinajstić information content (AvgIpc) is 3.46. The summed E-state index contributed by atoms with van der Waals surface area (Å²) in [5.41, 5.74) is 5.12. The van der Waals surface area contributed by atoms with Gasteiger partial charge in [-0.2, -0.15) is 0 Å². The number of aromatic nitrogens is 3. The molecule has 1 aliphatic heterocycles. The largest absolute Gasteiger partial charge is 0.386 e. The maximum atomic E-state index is 15.4. The van der Waals surface area contributed by atoms with Gasteiger partial charge < -0.3 is 20.7 Å². The van der Waals surface area contributed by atoms with Crippen LogP contribution in [-0.4, -0.2) is 39.1 Å². The Labute approximate surface area is 254 Å². The van der Waals surface area contributed by atoms with E-state index in [9.17, 15) is 14.3 Å². The first-order valence-corrected chi connectivity index (χ1v) is 14.8. The lowest BCUT2D eigenvalue weighted by atomic mass is 9.89. The third-order valence-corrected chi connectivity index (χ3v) is 8.47. The van der Waals surface area contributed by atoms with E-state index in [2.05, 4.69) is 49.9 Å². The highest BCUT2D eigenvalue weighted by Gasteiger charge is 2.21. The average molecular weight is 596 g/mol. The van der Waals surface area contributed by atoms with Crippen LogP contribution in [0.5, 0.6) is 0 Å². The van der Waals surface area contributed by atoms with E-state index in [-0.39, 0.29) is 17.7 Å². The number of aromatic amines is 1. The van der Waals surface area contributed by atoms with Crippen LogP contribution in [0, 0.1) is 18.6 Å². The van der Waals surface area contributed by atoms with Gasteiger partial charge in [0.1, 0.15) is 23.6 Å².